The summed E-state index contributed by atoms with van der Waals surface area (Å²) in [4.78, 5) is 11.3. The van der Waals surface area contributed by atoms with Gasteiger partial charge in [0.25, 0.3) is 0 Å². The molecule has 0 spiro atoms. The molecule has 0 saturated heterocycles. The summed E-state index contributed by atoms with van der Waals surface area (Å²) in [6.07, 6.45) is 0. The van der Waals surface area contributed by atoms with E-state index in [1.807, 2.05) is 0 Å². The van der Waals surface area contributed by atoms with E-state index in [9.17, 15) is 13.6 Å². The Morgan fingerprint density at radius 2 is 2.12 bits per heavy atom. The highest BCUT2D eigenvalue weighted by molar-refractivity contribution is 5.98. The van der Waals surface area contributed by atoms with Crippen LogP contribution in [-0.4, -0.2) is 12.4 Å². The topological polar surface area (TPSA) is 50.1 Å². The lowest BCUT2D eigenvalue weighted by Crippen LogP contribution is -2.08. The zero-order valence-electron chi connectivity index (χ0n) is 8.75. The molecule has 0 saturated carbocycles. The molecule has 0 heterocycles. The smallest absolute Gasteiger partial charge is 0.387 e. The maximum absolute atomic E-state index is 12.1. The minimum absolute atomic E-state index is 0.126. The number of rotatable bonds is 3. The van der Waals surface area contributed by atoms with Crippen LogP contribution in [-0.2, 0) is 0 Å². The van der Waals surface area contributed by atoms with E-state index in [4.69, 9.17) is 5.26 Å². The van der Waals surface area contributed by atoms with Gasteiger partial charge in [0.1, 0.15) is 17.4 Å². The molecule has 0 atom stereocenters. The van der Waals surface area contributed by atoms with Crippen LogP contribution in [0.4, 0.5) is 8.78 Å². The van der Waals surface area contributed by atoms with Crippen LogP contribution in [0.3, 0.4) is 0 Å². The summed E-state index contributed by atoms with van der Waals surface area (Å²) in [5.74, 6) is -0.623. The number of ether oxygens (including phenoxy) is 1. The van der Waals surface area contributed by atoms with Crippen LogP contribution in [0.25, 0.3) is 0 Å². The third kappa shape index (κ3) is 2.34. The number of nitrogens with zero attached hydrogens (tertiary/aromatic N) is 1. The summed E-state index contributed by atoms with van der Waals surface area (Å²) in [6.45, 7) is -0.117. The van der Waals surface area contributed by atoms with Crippen LogP contribution < -0.4 is 4.74 Å². The molecular formula is C11H9F2NO2. The van der Waals surface area contributed by atoms with Gasteiger partial charge in [-0.25, -0.2) is 0 Å². The quantitative estimate of drug-likeness (QED) is 0.743. The van der Waals surface area contributed by atoms with Gasteiger partial charge < -0.3 is 4.74 Å². The summed E-state index contributed by atoms with van der Waals surface area (Å²) < 4.78 is 28.3. The third-order valence-corrected chi connectivity index (χ3v) is 2.06. The van der Waals surface area contributed by atoms with E-state index in [1.165, 1.54) is 19.1 Å². The molecule has 0 N–H and O–H groups in total. The molecule has 0 unspecified atom stereocenters. The molecule has 3 nitrogen and oxygen atoms in total. The Bertz CT molecular complexity index is 464. The lowest BCUT2D eigenvalue weighted by molar-refractivity contribution is -0.0500. The number of hydrogen-bond donors (Lipinski definition) is 0. The van der Waals surface area contributed by atoms with Crippen LogP contribution in [0.15, 0.2) is 12.1 Å². The van der Waals surface area contributed by atoms with Gasteiger partial charge in [0.2, 0.25) is 0 Å². The average molecular weight is 225 g/mol. The van der Waals surface area contributed by atoms with Crippen molar-refractivity contribution in [1.29, 1.82) is 5.26 Å². The van der Waals surface area contributed by atoms with Gasteiger partial charge in [-0.15, -0.1) is 0 Å². The Labute approximate surface area is 91.3 Å². The highest BCUT2D eigenvalue weighted by Crippen LogP contribution is 2.26. The number of ketones is 1. The first-order valence-electron chi connectivity index (χ1n) is 4.46. The van der Waals surface area contributed by atoms with Crippen molar-refractivity contribution in [2.24, 2.45) is 0 Å². The van der Waals surface area contributed by atoms with E-state index in [0.29, 0.717) is 5.56 Å². The molecule has 1 rings (SSSR count). The summed E-state index contributed by atoms with van der Waals surface area (Å²) >= 11 is 0. The number of halogens is 2. The van der Waals surface area contributed by atoms with E-state index >= 15 is 0 Å². The van der Waals surface area contributed by atoms with Crippen molar-refractivity contribution in [3.63, 3.8) is 0 Å². The summed E-state index contributed by atoms with van der Waals surface area (Å²) in [6, 6.07) is 4.44. The second kappa shape index (κ2) is 4.71. The molecule has 0 radical (unpaired) electrons. The predicted molar refractivity (Wildman–Crippen MR) is 52.5 cm³/mol. The number of Topliss-reactive ketones (excluding diaryl/α,β-unsaturated/α-hetero) is 1. The lowest BCUT2D eigenvalue weighted by Gasteiger charge is -2.10. The van der Waals surface area contributed by atoms with Crippen LogP contribution in [0.1, 0.15) is 28.4 Å². The molecule has 16 heavy (non-hydrogen) atoms. The second-order valence-electron chi connectivity index (χ2n) is 3.18. The zero-order chi connectivity index (χ0) is 12.3. The highest BCUT2D eigenvalue weighted by atomic mass is 19.3. The van der Waals surface area contributed by atoms with Crippen molar-refractivity contribution >= 4 is 5.78 Å². The first-order chi connectivity index (χ1) is 7.47. The Morgan fingerprint density at radius 3 is 2.56 bits per heavy atom. The average Bonchev–Trinajstić information content (AvgIpc) is 2.18. The van der Waals surface area contributed by atoms with E-state index in [-0.39, 0.29) is 22.7 Å². The van der Waals surface area contributed by atoms with Crippen molar-refractivity contribution in [2.45, 2.75) is 20.5 Å². The van der Waals surface area contributed by atoms with Crippen molar-refractivity contribution in [3.8, 4) is 11.8 Å². The number of benzene rings is 1. The summed E-state index contributed by atoms with van der Waals surface area (Å²) in [5, 5.41) is 8.86. The fourth-order valence-corrected chi connectivity index (χ4v) is 1.45. The number of carbonyl (C=O) groups excluding carboxylic acids is 1. The monoisotopic (exact) mass is 225 g/mol. The normalized spacial score (nSPS) is 10.0. The first kappa shape index (κ1) is 12.1. The van der Waals surface area contributed by atoms with Gasteiger partial charge in [0.05, 0.1) is 0 Å². The molecule has 0 aliphatic carbocycles. The van der Waals surface area contributed by atoms with Crippen molar-refractivity contribution in [3.05, 3.63) is 28.8 Å². The van der Waals surface area contributed by atoms with E-state index in [0.717, 1.165) is 0 Å². The molecule has 0 bridgehead atoms. The summed E-state index contributed by atoms with van der Waals surface area (Å²) in [5.41, 5.74) is 0.541. The number of hydrogen-bond acceptors (Lipinski definition) is 3. The zero-order valence-corrected chi connectivity index (χ0v) is 8.75. The fraction of sp³-hybridized carbons (Fsp3) is 0.273. The molecule has 0 aromatic heterocycles. The van der Waals surface area contributed by atoms with Crippen molar-refractivity contribution < 1.29 is 18.3 Å². The Morgan fingerprint density at radius 1 is 1.50 bits per heavy atom. The SMILES string of the molecule is CC(=O)c1c(C)ccc(OC(F)F)c1C#N. The standard InChI is InChI=1S/C11H9F2NO2/c1-6-3-4-9(16-11(12)13)8(5-14)10(6)7(2)15/h3-4,11H,1-2H3. The molecule has 0 fully saturated rings. The fourth-order valence-electron chi connectivity index (χ4n) is 1.45. The van der Waals surface area contributed by atoms with E-state index in [1.54, 1.807) is 13.0 Å². The summed E-state index contributed by atoms with van der Waals surface area (Å²) in [7, 11) is 0. The predicted octanol–water partition coefficient (Wildman–Crippen LogP) is 2.67. The molecular weight excluding hydrogens is 216 g/mol. The van der Waals surface area contributed by atoms with Gasteiger partial charge >= 0.3 is 6.61 Å². The third-order valence-electron chi connectivity index (χ3n) is 2.06. The van der Waals surface area contributed by atoms with Gasteiger partial charge in [-0.1, -0.05) is 6.07 Å². The Balaban J connectivity index is 3.38. The van der Waals surface area contributed by atoms with Crippen molar-refractivity contribution in [2.75, 3.05) is 0 Å². The van der Waals surface area contributed by atoms with Gasteiger partial charge in [-0.05, 0) is 25.5 Å². The lowest BCUT2D eigenvalue weighted by atomic mass is 9.99. The molecule has 84 valence electrons. The molecule has 1 aromatic rings. The molecule has 0 aliphatic rings. The largest absolute Gasteiger partial charge is 0.433 e. The van der Waals surface area contributed by atoms with E-state index < -0.39 is 6.61 Å². The molecule has 0 amide bonds. The number of nitriles is 1. The van der Waals surface area contributed by atoms with Crippen LogP contribution in [0.2, 0.25) is 0 Å². The minimum Gasteiger partial charge on any atom is -0.433 e. The molecule has 5 heteroatoms. The molecule has 1 aromatic carbocycles. The highest BCUT2D eigenvalue weighted by Gasteiger charge is 2.17. The van der Waals surface area contributed by atoms with Crippen LogP contribution in [0, 0.1) is 18.3 Å². The number of alkyl halides is 2. The van der Waals surface area contributed by atoms with Crippen LogP contribution in [0.5, 0.6) is 5.75 Å². The molecule has 0 aliphatic heterocycles. The first-order valence-corrected chi connectivity index (χ1v) is 4.46. The minimum atomic E-state index is -3.02. The van der Waals surface area contributed by atoms with Crippen molar-refractivity contribution in [1.82, 2.24) is 0 Å². The second-order valence-corrected chi connectivity index (χ2v) is 3.18. The maximum Gasteiger partial charge on any atom is 0.387 e. The Kier molecular flexibility index (Phi) is 3.56. The van der Waals surface area contributed by atoms with Gasteiger partial charge in [0, 0.05) is 5.56 Å². The van der Waals surface area contributed by atoms with Crippen LogP contribution >= 0.6 is 0 Å². The Hall–Kier alpha value is -1.96. The van der Waals surface area contributed by atoms with Gasteiger partial charge in [-0.3, -0.25) is 4.79 Å². The van der Waals surface area contributed by atoms with E-state index in [2.05, 4.69) is 4.74 Å². The van der Waals surface area contributed by atoms with Gasteiger partial charge in [0.15, 0.2) is 5.78 Å². The maximum atomic E-state index is 12.1. The number of carbonyl (C=O) groups is 1. The van der Waals surface area contributed by atoms with Gasteiger partial charge in [-0.2, -0.15) is 14.0 Å². The number of aryl methyl sites for hydroxylation is 1.